The first-order valence-corrected chi connectivity index (χ1v) is 7.43. The first-order chi connectivity index (χ1) is 10.9. The Hall–Kier alpha value is -2.75. The maximum absolute atomic E-state index is 6.06. The van der Waals surface area contributed by atoms with Crippen molar-refractivity contribution in [2.24, 2.45) is 4.99 Å². The Morgan fingerprint density at radius 1 is 1.00 bits per heavy atom. The van der Waals surface area contributed by atoms with Gasteiger partial charge in [0.15, 0.2) is 5.65 Å². The van der Waals surface area contributed by atoms with Crippen LogP contribution in [0, 0.1) is 0 Å². The molecular formula is C18H13N3O. The zero-order chi connectivity index (χ0) is 14.5. The first-order valence-electron chi connectivity index (χ1n) is 7.43. The molecule has 0 bridgehead atoms. The second-order valence-corrected chi connectivity index (χ2v) is 5.68. The maximum atomic E-state index is 6.06. The average Bonchev–Trinajstić information content (AvgIpc) is 3.12. The van der Waals surface area contributed by atoms with Gasteiger partial charge in [-0.25, -0.2) is 15.0 Å². The van der Waals surface area contributed by atoms with Crippen LogP contribution < -0.4 is 0 Å². The summed E-state index contributed by atoms with van der Waals surface area (Å²) in [5, 5.41) is 1.02. The molecule has 0 N–H and O–H groups in total. The second kappa shape index (κ2) is 4.37. The van der Waals surface area contributed by atoms with Crippen LogP contribution in [-0.2, 0) is 11.2 Å². The lowest BCUT2D eigenvalue weighted by atomic mass is 10.1. The zero-order valence-corrected chi connectivity index (χ0v) is 11.8. The number of ether oxygens (including phenoxy) is 1. The summed E-state index contributed by atoms with van der Waals surface area (Å²) in [6.45, 7) is 0. The zero-order valence-electron chi connectivity index (χ0n) is 11.8. The van der Waals surface area contributed by atoms with Crippen LogP contribution in [0.5, 0.6) is 0 Å². The number of nitrogens with zero attached hydrogens (tertiary/aromatic N) is 3. The van der Waals surface area contributed by atoms with Crippen molar-refractivity contribution in [3.63, 3.8) is 0 Å². The van der Waals surface area contributed by atoms with E-state index in [-0.39, 0.29) is 12.1 Å². The molecule has 0 fully saturated rings. The Bertz CT molecular complexity index is 919. The van der Waals surface area contributed by atoms with Crippen molar-refractivity contribution < 1.29 is 4.74 Å². The van der Waals surface area contributed by atoms with Gasteiger partial charge in [0.05, 0.1) is 0 Å². The highest BCUT2D eigenvalue weighted by Crippen LogP contribution is 2.40. The van der Waals surface area contributed by atoms with Crippen molar-refractivity contribution >= 4 is 16.9 Å². The topological polar surface area (TPSA) is 47.4 Å². The van der Waals surface area contributed by atoms with E-state index in [1.54, 1.807) is 6.20 Å². The summed E-state index contributed by atoms with van der Waals surface area (Å²) in [5.74, 6) is 0.636. The molecule has 1 aromatic carbocycles. The number of fused-ring (bicyclic) bond motifs is 4. The summed E-state index contributed by atoms with van der Waals surface area (Å²) >= 11 is 0. The molecule has 0 saturated carbocycles. The lowest BCUT2D eigenvalue weighted by Crippen LogP contribution is -2.14. The number of rotatable bonds is 1. The number of hydrogen-bond donors (Lipinski definition) is 0. The molecule has 2 aliphatic rings. The van der Waals surface area contributed by atoms with Crippen molar-refractivity contribution in [1.82, 2.24) is 9.97 Å². The van der Waals surface area contributed by atoms with Gasteiger partial charge in [0, 0.05) is 18.0 Å². The first kappa shape index (κ1) is 11.9. The van der Waals surface area contributed by atoms with E-state index in [0.717, 1.165) is 23.1 Å². The molecule has 4 heteroatoms. The summed E-state index contributed by atoms with van der Waals surface area (Å²) in [5.41, 5.74) is 4.11. The maximum Gasteiger partial charge on any atom is 0.236 e. The molecule has 3 aromatic rings. The third-order valence-electron chi connectivity index (χ3n) is 4.35. The fraction of sp³-hybridized carbons (Fsp3) is 0.167. The molecule has 0 radical (unpaired) electrons. The minimum atomic E-state index is 0.104. The van der Waals surface area contributed by atoms with Crippen LogP contribution in [0.15, 0.2) is 59.7 Å². The largest absolute Gasteiger partial charge is 0.470 e. The number of benzene rings is 1. The summed E-state index contributed by atoms with van der Waals surface area (Å²) in [4.78, 5) is 13.6. The van der Waals surface area contributed by atoms with Crippen LogP contribution in [0.3, 0.4) is 0 Å². The Balaban J connectivity index is 1.57. The van der Waals surface area contributed by atoms with E-state index < -0.39 is 0 Å². The fourth-order valence-corrected chi connectivity index (χ4v) is 3.29. The summed E-state index contributed by atoms with van der Waals surface area (Å²) in [7, 11) is 0. The van der Waals surface area contributed by atoms with Gasteiger partial charge in [0.25, 0.3) is 0 Å². The third-order valence-corrected chi connectivity index (χ3v) is 4.35. The quantitative estimate of drug-likeness (QED) is 0.691. The molecule has 106 valence electrons. The van der Waals surface area contributed by atoms with Gasteiger partial charge >= 0.3 is 0 Å². The number of hydrogen-bond acceptors (Lipinski definition) is 4. The van der Waals surface area contributed by atoms with E-state index >= 15 is 0 Å². The molecule has 1 aliphatic carbocycles. The SMILES string of the molecule is c1ccc2c(c1)C[C@@H]1OC(c3ccc4cccnc4n3)=N[C@H]21. The van der Waals surface area contributed by atoms with Crippen LogP contribution in [0.4, 0.5) is 0 Å². The molecule has 5 rings (SSSR count). The van der Waals surface area contributed by atoms with Crippen LogP contribution >= 0.6 is 0 Å². The lowest BCUT2D eigenvalue weighted by Gasteiger charge is -2.08. The highest BCUT2D eigenvalue weighted by atomic mass is 16.5. The Morgan fingerprint density at radius 2 is 1.95 bits per heavy atom. The molecular weight excluding hydrogens is 274 g/mol. The van der Waals surface area contributed by atoms with Crippen molar-refractivity contribution in [3.8, 4) is 0 Å². The van der Waals surface area contributed by atoms with Crippen LogP contribution in [0.2, 0.25) is 0 Å². The van der Waals surface area contributed by atoms with Gasteiger partial charge in [-0.1, -0.05) is 24.3 Å². The minimum Gasteiger partial charge on any atom is -0.470 e. The molecule has 2 atom stereocenters. The molecule has 3 heterocycles. The summed E-state index contributed by atoms with van der Waals surface area (Å²) in [6, 6.07) is 16.4. The summed E-state index contributed by atoms with van der Waals surface area (Å²) < 4.78 is 6.06. The predicted molar refractivity (Wildman–Crippen MR) is 83.8 cm³/mol. The van der Waals surface area contributed by atoms with Crippen LogP contribution in [0.1, 0.15) is 22.9 Å². The number of aromatic nitrogens is 2. The normalized spacial score (nSPS) is 22.1. The Labute approximate surface area is 127 Å². The number of pyridine rings is 2. The molecule has 4 nitrogen and oxygen atoms in total. The van der Waals surface area contributed by atoms with Crippen molar-refractivity contribution in [3.05, 3.63) is 71.5 Å². The van der Waals surface area contributed by atoms with E-state index in [9.17, 15) is 0 Å². The van der Waals surface area contributed by atoms with E-state index in [1.165, 1.54) is 11.1 Å². The van der Waals surface area contributed by atoms with E-state index in [2.05, 4.69) is 34.2 Å². The van der Waals surface area contributed by atoms with E-state index in [1.807, 2.05) is 24.3 Å². The molecule has 1 aliphatic heterocycles. The van der Waals surface area contributed by atoms with Crippen LogP contribution in [-0.4, -0.2) is 22.0 Å². The van der Waals surface area contributed by atoms with Crippen molar-refractivity contribution in [1.29, 1.82) is 0 Å². The van der Waals surface area contributed by atoms with Gasteiger partial charge < -0.3 is 4.74 Å². The lowest BCUT2D eigenvalue weighted by molar-refractivity contribution is 0.206. The average molecular weight is 287 g/mol. The molecule has 0 saturated heterocycles. The fourth-order valence-electron chi connectivity index (χ4n) is 3.29. The number of aliphatic imine (C=N–C) groups is 1. The summed E-state index contributed by atoms with van der Waals surface area (Å²) in [6.07, 6.45) is 2.77. The van der Waals surface area contributed by atoms with Gasteiger partial charge in [-0.15, -0.1) is 0 Å². The van der Waals surface area contributed by atoms with Gasteiger partial charge in [-0.2, -0.15) is 0 Å². The van der Waals surface area contributed by atoms with Crippen molar-refractivity contribution in [2.45, 2.75) is 18.6 Å². The standard InChI is InChI=1S/C18H13N3O/c1-2-6-13-12(4-1)10-15-16(13)21-18(22-15)14-8-7-11-5-3-9-19-17(11)20-14/h1-9,15-16H,10H2/t15-,16+/m0/s1. The van der Waals surface area contributed by atoms with Crippen molar-refractivity contribution in [2.75, 3.05) is 0 Å². The van der Waals surface area contributed by atoms with Gasteiger partial charge in [-0.3, -0.25) is 0 Å². The Kier molecular flexibility index (Phi) is 2.36. The monoisotopic (exact) mass is 287 g/mol. The highest BCUT2D eigenvalue weighted by molar-refractivity contribution is 5.95. The van der Waals surface area contributed by atoms with Gasteiger partial charge in [0.1, 0.15) is 17.8 Å². The molecule has 0 spiro atoms. The second-order valence-electron chi connectivity index (χ2n) is 5.68. The van der Waals surface area contributed by atoms with E-state index in [0.29, 0.717) is 5.90 Å². The minimum absolute atomic E-state index is 0.104. The molecule has 22 heavy (non-hydrogen) atoms. The van der Waals surface area contributed by atoms with Gasteiger partial charge in [0.2, 0.25) is 5.90 Å². The smallest absolute Gasteiger partial charge is 0.236 e. The Morgan fingerprint density at radius 3 is 2.95 bits per heavy atom. The van der Waals surface area contributed by atoms with Crippen LogP contribution in [0.25, 0.3) is 11.0 Å². The highest BCUT2D eigenvalue weighted by Gasteiger charge is 2.39. The molecule has 0 unspecified atom stereocenters. The third kappa shape index (κ3) is 1.67. The van der Waals surface area contributed by atoms with Gasteiger partial charge in [-0.05, 0) is 35.4 Å². The molecule has 0 amide bonds. The molecule has 2 aromatic heterocycles. The predicted octanol–water partition coefficient (Wildman–Crippen LogP) is 3.07. The van der Waals surface area contributed by atoms with E-state index in [4.69, 9.17) is 9.73 Å².